The number of aliphatic hydroxyl groups excluding tert-OH is 2. The van der Waals surface area contributed by atoms with Gasteiger partial charge in [0.1, 0.15) is 0 Å². The second-order valence-electron chi connectivity index (χ2n) is 8.03. The van der Waals surface area contributed by atoms with Crippen LogP contribution in [0.2, 0.25) is 0 Å². The van der Waals surface area contributed by atoms with E-state index in [0.29, 0.717) is 18.1 Å². The molecule has 1 aromatic rings. The summed E-state index contributed by atoms with van der Waals surface area (Å²) >= 11 is 0. The van der Waals surface area contributed by atoms with Crippen molar-refractivity contribution in [2.75, 3.05) is 19.8 Å². The molecule has 0 bridgehead atoms. The van der Waals surface area contributed by atoms with Crippen molar-refractivity contribution in [3.8, 4) is 0 Å². The van der Waals surface area contributed by atoms with Gasteiger partial charge in [0.2, 0.25) is 0 Å². The van der Waals surface area contributed by atoms with Crippen LogP contribution in [0, 0.1) is 5.92 Å². The third-order valence-corrected chi connectivity index (χ3v) is 4.21. The molecule has 0 aromatic heterocycles. The molecule has 0 amide bonds. The number of rotatable bonds is 11. The molecule has 0 aliphatic heterocycles. The number of unbranched alkanes of at least 4 members (excludes halogenated alkanes) is 1. The smallest absolute Gasteiger partial charge is 0.333 e. The van der Waals surface area contributed by atoms with E-state index in [0.717, 1.165) is 12.8 Å². The van der Waals surface area contributed by atoms with Gasteiger partial charge in [-0.3, -0.25) is 0 Å². The van der Waals surface area contributed by atoms with Gasteiger partial charge < -0.3 is 25.2 Å². The van der Waals surface area contributed by atoms with E-state index in [4.69, 9.17) is 25.2 Å². The Kier molecular flexibility index (Phi) is 32.6. The minimum absolute atomic E-state index is 0.125. The maximum Gasteiger partial charge on any atom is 0.333 e. The number of hydrogen-bond donors (Lipinski definition) is 4. The number of carboxylic acids is 2. The molecule has 0 heterocycles. The summed E-state index contributed by atoms with van der Waals surface area (Å²) in [5.41, 5.74) is 2.01. The predicted octanol–water partition coefficient (Wildman–Crippen LogP) is 5.92. The molecule has 0 spiro atoms. The Hall–Kier alpha value is -3.49. The van der Waals surface area contributed by atoms with Crippen molar-refractivity contribution in [2.24, 2.45) is 5.92 Å². The molecule has 8 heteroatoms. The number of esters is 1. The second-order valence-corrected chi connectivity index (χ2v) is 8.03. The third kappa shape index (κ3) is 34.7. The van der Waals surface area contributed by atoms with Gasteiger partial charge >= 0.3 is 17.9 Å². The van der Waals surface area contributed by atoms with Crippen molar-refractivity contribution in [1.29, 1.82) is 0 Å². The molecule has 4 N–H and O–H groups in total. The normalized spacial score (nSPS) is 9.45. The van der Waals surface area contributed by atoms with E-state index in [2.05, 4.69) is 40.2 Å². The van der Waals surface area contributed by atoms with Gasteiger partial charge in [-0.2, -0.15) is 0 Å². The summed E-state index contributed by atoms with van der Waals surface area (Å²) in [7, 11) is 0. The Balaban J connectivity index is -0.000000206. The van der Waals surface area contributed by atoms with E-state index in [1.807, 2.05) is 36.4 Å². The van der Waals surface area contributed by atoms with Crippen molar-refractivity contribution in [3.05, 3.63) is 78.9 Å². The number of aliphatic hydroxyl groups is 2. The zero-order valence-corrected chi connectivity index (χ0v) is 23.7. The zero-order chi connectivity index (χ0) is 30.5. The van der Waals surface area contributed by atoms with Gasteiger partial charge in [-0.05, 0) is 38.7 Å². The molecular weight excluding hydrogens is 488 g/mol. The van der Waals surface area contributed by atoms with Gasteiger partial charge in [0.25, 0.3) is 0 Å². The molecule has 1 rings (SSSR count). The van der Waals surface area contributed by atoms with Crippen molar-refractivity contribution >= 4 is 24.0 Å². The summed E-state index contributed by atoms with van der Waals surface area (Å²) < 4.78 is 5.12. The van der Waals surface area contributed by atoms with Gasteiger partial charge in [-0.1, -0.05) is 95.8 Å². The van der Waals surface area contributed by atoms with Crippen LogP contribution in [0.15, 0.2) is 73.4 Å². The maximum absolute atomic E-state index is 11.1. The first-order valence-electron chi connectivity index (χ1n) is 12.2. The Morgan fingerprint density at radius 2 is 1.29 bits per heavy atom. The maximum atomic E-state index is 11.1. The lowest BCUT2D eigenvalue weighted by Crippen LogP contribution is -2.14. The molecule has 1 unspecified atom stereocenters. The average molecular weight is 537 g/mol. The fraction of sp³-hybridized carbons (Fsp3) is 0.433. The lowest BCUT2D eigenvalue weighted by atomic mass is 10.0. The van der Waals surface area contributed by atoms with Crippen LogP contribution in [-0.4, -0.2) is 58.2 Å². The van der Waals surface area contributed by atoms with Gasteiger partial charge in [0.15, 0.2) is 0 Å². The topological polar surface area (TPSA) is 141 Å². The van der Waals surface area contributed by atoms with Crippen LogP contribution in [0.25, 0.3) is 6.08 Å². The quantitative estimate of drug-likeness (QED) is 0.202. The summed E-state index contributed by atoms with van der Waals surface area (Å²) in [4.78, 5) is 30.3. The Labute approximate surface area is 228 Å². The highest BCUT2D eigenvalue weighted by atomic mass is 16.5. The minimum Gasteiger partial charge on any atom is -0.478 e. The molecule has 1 atom stereocenters. The molecule has 0 saturated carbocycles. The highest BCUT2D eigenvalue weighted by Gasteiger charge is 2.09. The number of carboxylic acid groups (broad SMARTS) is 2. The highest BCUT2D eigenvalue weighted by molar-refractivity contribution is 5.87. The van der Waals surface area contributed by atoms with Crippen molar-refractivity contribution in [1.82, 2.24) is 0 Å². The third-order valence-electron chi connectivity index (χ3n) is 4.21. The van der Waals surface area contributed by atoms with E-state index in [-0.39, 0.29) is 30.3 Å². The molecular formula is C30H48O8. The summed E-state index contributed by atoms with van der Waals surface area (Å²) in [6, 6.07) is 10.0. The van der Waals surface area contributed by atoms with Crippen molar-refractivity contribution < 1.29 is 39.5 Å². The van der Waals surface area contributed by atoms with E-state index in [1.165, 1.54) is 32.3 Å². The SMILES string of the molecule is C=C(C)C(=O)O.C=C(C)C(=O)O.C=C(C)C(=O)OCC(CC)CCCC.C=Cc1ccccc1.OCCO. The molecule has 8 nitrogen and oxygen atoms in total. The first-order chi connectivity index (χ1) is 17.7. The second kappa shape index (κ2) is 29.7. The standard InChI is InChI=1S/C12H22O2.C8H8.2C4H6O2.C2H6O2/c1-5-7-8-11(6-2)9-14-12(13)10(3)4;1-2-8-6-4-3-5-7-8;2*1-3(2)4(5)6;3-1-2-4/h11H,3,5-9H2,1-2,4H3;2-7H,1H2;2*1H2,2H3,(H,5,6);3-4H,1-2H2. The van der Waals surface area contributed by atoms with Crippen LogP contribution in [-0.2, 0) is 19.1 Å². The van der Waals surface area contributed by atoms with E-state index >= 15 is 0 Å². The number of aliphatic carboxylic acids is 2. The summed E-state index contributed by atoms with van der Waals surface area (Å²) in [6.45, 7) is 22.7. The first kappa shape index (κ1) is 41.6. The highest BCUT2D eigenvalue weighted by Crippen LogP contribution is 2.13. The zero-order valence-electron chi connectivity index (χ0n) is 23.7. The van der Waals surface area contributed by atoms with Gasteiger partial charge in [0.05, 0.1) is 19.8 Å². The number of benzene rings is 1. The number of hydrogen-bond acceptors (Lipinski definition) is 6. The number of carbonyl (C=O) groups is 3. The van der Waals surface area contributed by atoms with E-state index in [1.54, 1.807) is 6.92 Å². The lowest BCUT2D eigenvalue weighted by Gasteiger charge is -2.14. The fourth-order valence-corrected chi connectivity index (χ4v) is 1.80. The van der Waals surface area contributed by atoms with E-state index < -0.39 is 11.9 Å². The first-order valence-corrected chi connectivity index (χ1v) is 12.2. The summed E-state index contributed by atoms with van der Waals surface area (Å²) in [5, 5.41) is 31.0. The van der Waals surface area contributed by atoms with E-state index in [9.17, 15) is 14.4 Å². The molecule has 216 valence electrons. The largest absolute Gasteiger partial charge is 0.478 e. The molecule has 0 saturated heterocycles. The average Bonchev–Trinajstić information content (AvgIpc) is 2.90. The van der Waals surface area contributed by atoms with Crippen LogP contribution >= 0.6 is 0 Å². The van der Waals surface area contributed by atoms with Gasteiger partial charge in [0, 0.05) is 16.7 Å². The summed E-state index contributed by atoms with van der Waals surface area (Å²) in [6.07, 6.45) is 6.47. The molecule has 0 aliphatic carbocycles. The fourth-order valence-electron chi connectivity index (χ4n) is 1.80. The molecule has 0 aliphatic rings. The van der Waals surface area contributed by atoms with Crippen molar-refractivity contribution in [2.45, 2.75) is 60.3 Å². The Morgan fingerprint density at radius 3 is 1.53 bits per heavy atom. The van der Waals surface area contributed by atoms with Crippen LogP contribution in [0.4, 0.5) is 0 Å². The van der Waals surface area contributed by atoms with Gasteiger partial charge in [-0.25, -0.2) is 14.4 Å². The molecule has 1 aromatic carbocycles. The van der Waals surface area contributed by atoms with Crippen LogP contribution in [0.1, 0.15) is 65.9 Å². The molecule has 38 heavy (non-hydrogen) atoms. The minimum atomic E-state index is -0.935. The Bertz CT molecular complexity index is 763. The summed E-state index contributed by atoms with van der Waals surface area (Å²) in [5.74, 6) is -1.62. The molecule has 0 fully saturated rings. The Morgan fingerprint density at radius 1 is 0.868 bits per heavy atom. The number of ether oxygens (including phenoxy) is 1. The lowest BCUT2D eigenvalue weighted by molar-refractivity contribution is -0.140. The predicted molar refractivity (Wildman–Crippen MR) is 155 cm³/mol. The molecule has 0 radical (unpaired) electrons. The van der Waals surface area contributed by atoms with Gasteiger partial charge in [-0.15, -0.1) is 0 Å². The number of carbonyl (C=O) groups excluding carboxylic acids is 1. The monoisotopic (exact) mass is 536 g/mol. The van der Waals surface area contributed by atoms with Crippen LogP contribution in [0.5, 0.6) is 0 Å². The van der Waals surface area contributed by atoms with Crippen LogP contribution < -0.4 is 0 Å². The van der Waals surface area contributed by atoms with Crippen molar-refractivity contribution in [3.63, 3.8) is 0 Å². The van der Waals surface area contributed by atoms with Crippen LogP contribution in [0.3, 0.4) is 0 Å².